The van der Waals surface area contributed by atoms with Gasteiger partial charge in [0, 0.05) is 25.2 Å². The van der Waals surface area contributed by atoms with Crippen molar-refractivity contribution >= 4 is 28.6 Å². The van der Waals surface area contributed by atoms with Gasteiger partial charge < -0.3 is 20.1 Å². The van der Waals surface area contributed by atoms with Crippen molar-refractivity contribution in [2.24, 2.45) is 0 Å². The number of carbonyl (C=O) groups is 1. The van der Waals surface area contributed by atoms with Crippen molar-refractivity contribution in [1.29, 1.82) is 0 Å². The predicted octanol–water partition coefficient (Wildman–Crippen LogP) is 3.45. The Hall–Kier alpha value is -3.17. The number of nitrogens with one attached hydrogen (secondary N) is 2. The number of unbranched alkanes of at least 4 members (excludes halogenated alkanes) is 1. The summed E-state index contributed by atoms with van der Waals surface area (Å²) in [7, 11) is 1.42. The number of methoxy groups -OCH3 is 1. The Morgan fingerprint density at radius 2 is 1.93 bits per heavy atom. The highest BCUT2D eigenvalue weighted by molar-refractivity contribution is 5.84. The summed E-state index contributed by atoms with van der Waals surface area (Å²) in [5, 5.41) is 14.3. The zero-order chi connectivity index (χ0) is 21.9. The quantitative estimate of drug-likeness (QED) is 0.567. The molecule has 0 bridgehead atoms. The summed E-state index contributed by atoms with van der Waals surface area (Å²) in [4.78, 5) is 16.2. The van der Waals surface area contributed by atoms with Crippen LogP contribution in [0.3, 0.4) is 0 Å². The lowest BCUT2D eigenvalue weighted by Crippen LogP contribution is -2.33. The Balaban J connectivity index is 1.66. The van der Waals surface area contributed by atoms with E-state index in [4.69, 9.17) is 9.47 Å². The standard InChI is InChI=1S/C20H27FN6O3/c1-12-25-26-18-17(22-8-6-7-9-23-19(28)30-20(2,3)4)24-14-10-13(21)16(29-5)11-15(14)27(12)18/h10-11H,6-9H2,1-5H3,(H,22,24)(H,23,28). The number of alkyl carbamates (subject to hydrolysis) is 1. The normalized spacial score (nSPS) is 11.7. The number of hydrogen-bond acceptors (Lipinski definition) is 7. The van der Waals surface area contributed by atoms with Crippen LogP contribution in [-0.4, -0.2) is 51.5 Å². The molecule has 0 fully saturated rings. The summed E-state index contributed by atoms with van der Waals surface area (Å²) in [6.45, 7) is 8.40. The number of fused-ring (bicyclic) bond motifs is 3. The zero-order valence-electron chi connectivity index (χ0n) is 17.9. The molecule has 2 N–H and O–H groups in total. The molecular weight excluding hydrogens is 391 g/mol. The summed E-state index contributed by atoms with van der Waals surface area (Å²) in [6, 6.07) is 2.93. The van der Waals surface area contributed by atoms with Gasteiger partial charge in [-0.3, -0.25) is 4.40 Å². The van der Waals surface area contributed by atoms with E-state index in [1.165, 1.54) is 13.2 Å². The molecule has 0 spiro atoms. The highest BCUT2D eigenvalue weighted by Gasteiger charge is 2.17. The van der Waals surface area contributed by atoms with E-state index < -0.39 is 17.5 Å². The van der Waals surface area contributed by atoms with Crippen LogP contribution in [0.5, 0.6) is 5.75 Å². The maximum Gasteiger partial charge on any atom is 0.407 e. The minimum Gasteiger partial charge on any atom is -0.494 e. The average Bonchev–Trinajstić information content (AvgIpc) is 3.04. The second-order valence-electron chi connectivity index (χ2n) is 7.90. The van der Waals surface area contributed by atoms with Gasteiger partial charge in [-0.05, 0) is 40.5 Å². The second-order valence-corrected chi connectivity index (χ2v) is 7.90. The van der Waals surface area contributed by atoms with Gasteiger partial charge in [0.05, 0.1) is 18.1 Å². The summed E-state index contributed by atoms with van der Waals surface area (Å²) in [5.41, 5.74) is 1.18. The number of ether oxygens (including phenoxy) is 2. The lowest BCUT2D eigenvalue weighted by atomic mass is 10.2. The van der Waals surface area contributed by atoms with Crippen LogP contribution in [0.1, 0.15) is 39.4 Å². The summed E-state index contributed by atoms with van der Waals surface area (Å²) < 4.78 is 26.3. The number of hydrogen-bond donors (Lipinski definition) is 2. The fourth-order valence-electron chi connectivity index (χ4n) is 3.01. The van der Waals surface area contributed by atoms with Crippen LogP contribution in [0.15, 0.2) is 12.1 Å². The Labute approximate surface area is 174 Å². The van der Waals surface area contributed by atoms with E-state index in [9.17, 15) is 9.18 Å². The topological polar surface area (TPSA) is 103 Å². The van der Waals surface area contributed by atoms with Gasteiger partial charge in [-0.15, -0.1) is 10.2 Å². The largest absolute Gasteiger partial charge is 0.494 e. The van der Waals surface area contributed by atoms with E-state index in [0.29, 0.717) is 41.4 Å². The molecule has 1 amide bonds. The van der Waals surface area contributed by atoms with Crippen molar-refractivity contribution in [3.63, 3.8) is 0 Å². The average molecular weight is 418 g/mol. The molecule has 2 aromatic heterocycles. The predicted molar refractivity (Wildman–Crippen MR) is 111 cm³/mol. The molecule has 162 valence electrons. The van der Waals surface area contributed by atoms with Gasteiger partial charge in [-0.2, -0.15) is 0 Å². The third kappa shape index (κ3) is 4.87. The first kappa shape index (κ1) is 21.5. The number of halogens is 1. The number of amides is 1. The van der Waals surface area contributed by atoms with Crippen LogP contribution < -0.4 is 15.4 Å². The molecule has 30 heavy (non-hydrogen) atoms. The maximum absolute atomic E-state index is 14.2. The third-order valence-electron chi connectivity index (χ3n) is 4.32. The number of carbonyl (C=O) groups excluding carboxylic acids is 1. The highest BCUT2D eigenvalue weighted by Crippen LogP contribution is 2.27. The Morgan fingerprint density at radius 3 is 2.63 bits per heavy atom. The number of aryl methyl sites for hydroxylation is 1. The molecule has 0 radical (unpaired) electrons. The van der Waals surface area contributed by atoms with Crippen molar-refractivity contribution in [1.82, 2.24) is 24.9 Å². The molecule has 0 aliphatic heterocycles. The van der Waals surface area contributed by atoms with Crippen LogP contribution in [-0.2, 0) is 4.74 Å². The molecule has 0 aliphatic carbocycles. The smallest absolute Gasteiger partial charge is 0.407 e. The van der Waals surface area contributed by atoms with Crippen LogP contribution in [0, 0.1) is 12.7 Å². The summed E-state index contributed by atoms with van der Waals surface area (Å²) >= 11 is 0. The zero-order valence-corrected chi connectivity index (χ0v) is 17.9. The first-order valence-corrected chi connectivity index (χ1v) is 9.79. The lowest BCUT2D eigenvalue weighted by molar-refractivity contribution is 0.0527. The molecule has 10 heteroatoms. The van der Waals surface area contributed by atoms with E-state index in [1.54, 1.807) is 6.07 Å². The molecular formula is C20H27FN6O3. The van der Waals surface area contributed by atoms with Crippen LogP contribution in [0.2, 0.25) is 0 Å². The van der Waals surface area contributed by atoms with Gasteiger partial charge in [0.25, 0.3) is 0 Å². The van der Waals surface area contributed by atoms with E-state index in [-0.39, 0.29) is 5.75 Å². The fraction of sp³-hybridized carbons (Fsp3) is 0.500. The van der Waals surface area contributed by atoms with Crippen LogP contribution in [0.25, 0.3) is 16.7 Å². The van der Waals surface area contributed by atoms with Gasteiger partial charge in [-0.25, -0.2) is 14.2 Å². The minimum absolute atomic E-state index is 0.136. The molecule has 0 aliphatic rings. The molecule has 0 saturated heterocycles. The Bertz CT molecular complexity index is 1060. The van der Waals surface area contributed by atoms with Crippen LogP contribution in [0.4, 0.5) is 15.0 Å². The Morgan fingerprint density at radius 1 is 1.20 bits per heavy atom. The van der Waals surface area contributed by atoms with Gasteiger partial charge in [0.2, 0.25) is 5.65 Å². The molecule has 0 saturated carbocycles. The van der Waals surface area contributed by atoms with Crippen molar-refractivity contribution in [2.45, 2.75) is 46.1 Å². The summed E-state index contributed by atoms with van der Waals surface area (Å²) in [6.07, 6.45) is 1.11. The number of rotatable bonds is 7. The number of aromatic nitrogens is 4. The Kier molecular flexibility index (Phi) is 6.23. The van der Waals surface area contributed by atoms with E-state index in [2.05, 4.69) is 25.8 Å². The van der Waals surface area contributed by atoms with Crippen molar-refractivity contribution in [2.75, 3.05) is 25.5 Å². The molecule has 3 aromatic rings. The lowest BCUT2D eigenvalue weighted by Gasteiger charge is -2.19. The van der Waals surface area contributed by atoms with E-state index in [1.807, 2.05) is 32.1 Å². The molecule has 2 heterocycles. The maximum atomic E-state index is 14.2. The molecule has 0 unspecified atom stereocenters. The monoisotopic (exact) mass is 418 g/mol. The van der Waals surface area contributed by atoms with Crippen molar-refractivity contribution < 1.29 is 18.7 Å². The van der Waals surface area contributed by atoms with Crippen molar-refractivity contribution in [3.8, 4) is 5.75 Å². The molecule has 3 rings (SSSR count). The third-order valence-corrected chi connectivity index (χ3v) is 4.32. The first-order chi connectivity index (χ1) is 14.2. The number of benzene rings is 1. The first-order valence-electron chi connectivity index (χ1n) is 9.79. The van der Waals surface area contributed by atoms with Gasteiger partial charge in [0.15, 0.2) is 17.4 Å². The van der Waals surface area contributed by atoms with E-state index in [0.717, 1.165) is 12.8 Å². The van der Waals surface area contributed by atoms with Gasteiger partial charge >= 0.3 is 6.09 Å². The van der Waals surface area contributed by atoms with Crippen molar-refractivity contribution in [3.05, 3.63) is 23.8 Å². The number of nitrogens with zero attached hydrogens (tertiary/aromatic N) is 4. The second kappa shape index (κ2) is 8.68. The number of anilines is 1. The van der Waals surface area contributed by atoms with Gasteiger partial charge in [0.1, 0.15) is 11.4 Å². The van der Waals surface area contributed by atoms with E-state index >= 15 is 0 Å². The fourth-order valence-corrected chi connectivity index (χ4v) is 3.01. The van der Waals surface area contributed by atoms with Crippen LogP contribution >= 0.6 is 0 Å². The molecule has 9 nitrogen and oxygen atoms in total. The molecule has 0 atom stereocenters. The highest BCUT2D eigenvalue weighted by atomic mass is 19.1. The van der Waals surface area contributed by atoms with Gasteiger partial charge in [-0.1, -0.05) is 0 Å². The SMILES string of the molecule is COc1cc2c(cc1F)nc(NCCCCNC(=O)OC(C)(C)C)c1nnc(C)n12. The minimum atomic E-state index is -0.515. The molecule has 1 aromatic carbocycles. The summed E-state index contributed by atoms with van der Waals surface area (Å²) in [5.74, 6) is 0.835.